The smallest absolute Gasteiger partial charge is 0.245 e. The number of rotatable bonds is 6. The minimum atomic E-state index is -0.714. The van der Waals surface area contributed by atoms with E-state index in [4.69, 9.17) is 0 Å². The lowest BCUT2D eigenvalue weighted by Gasteiger charge is -2.47. The lowest BCUT2D eigenvalue weighted by atomic mass is 9.86. The van der Waals surface area contributed by atoms with Crippen molar-refractivity contribution in [3.05, 3.63) is 137 Å². The topological polar surface area (TPSA) is 79.4 Å². The van der Waals surface area contributed by atoms with Gasteiger partial charge in [0.25, 0.3) is 0 Å². The molecule has 44 heavy (non-hydrogen) atoms. The van der Waals surface area contributed by atoms with Crippen LogP contribution in [0, 0.1) is 0 Å². The van der Waals surface area contributed by atoms with E-state index in [0.29, 0.717) is 19.5 Å². The maximum absolute atomic E-state index is 14.4. The standard InChI is InChI=1S/C36H39N5O3/c1-38-23-32(28-12-7-4-8-13-28)29-14-9-15-30(21-29)35(37-22-27-10-5-3-6-11-27)41-25-40(34(43)24-39(41)2)33(36(38)44)20-26-16-18-31(42)19-17-26/h3-14,16-19,21,32-33,37,42H,15,20,22-25H2,1-2H3/b35-30-. The molecule has 2 N–H and O–H groups in total. The summed E-state index contributed by atoms with van der Waals surface area (Å²) in [7, 11) is 3.76. The van der Waals surface area contributed by atoms with E-state index in [1.54, 1.807) is 21.9 Å². The van der Waals surface area contributed by atoms with E-state index in [9.17, 15) is 14.7 Å². The number of aromatic hydroxyl groups is 1. The number of phenolic OH excluding ortho intramolecular Hbond substituents is 1. The van der Waals surface area contributed by atoms with Gasteiger partial charge in [-0.25, -0.2) is 5.01 Å². The van der Waals surface area contributed by atoms with Gasteiger partial charge in [0, 0.05) is 39.5 Å². The highest BCUT2D eigenvalue weighted by Gasteiger charge is 2.40. The normalized spacial score (nSPS) is 22.8. The summed E-state index contributed by atoms with van der Waals surface area (Å²) in [5, 5.41) is 17.6. The number of nitrogens with one attached hydrogen (secondary N) is 1. The Morgan fingerprint density at radius 2 is 1.59 bits per heavy atom. The molecule has 0 aromatic heterocycles. The van der Waals surface area contributed by atoms with Crippen molar-refractivity contribution in [2.24, 2.45) is 0 Å². The third-order valence-corrected chi connectivity index (χ3v) is 8.70. The molecule has 3 aromatic carbocycles. The van der Waals surface area contributed by atoms with Crippen LogP contribution in [0.3, 0.4) is 0 Å². The van der Waals surface area contributed by atoms with E-state index in [-0.39, 0.29) is 36.7 Å². The van der Waals surface area contributed by atoms with Crippen LogP contribution in [-0.2, 0) is 22.6 Å². The fourth-order valence-corrected chi connectivity index (χ4v) is 6.27. The largest absolute Gasteiger partial charge is 0.508 e. The quantitative estimate of drug-likeness (QED) is 0.444. The number of hydrogen-bond acceptors (Lipinski definition) is 6. The summed E-state index contributed by atoms with van der Waals surface area (Å²) in [5.74, 6) is 0.822. The molecule has 1 aliphatic carbocycles. The van der Waals surface area contributed by atoms with Crippen LogP contribution in [0.4, 0.5) is 0 Å². The van der Waals surface area contributed by atoms with Crippen LogP contribution in [0.1, 0.15) is 29.0 Å². The number of phenols is 1. The zero-order chi connectivity index (χ0) is 30.6. The van der Waals surface area contributed by atoms with Crippen molar-refractivity contribution in [1.82, 2.24) is 25.1 Å². The Kier molecular flexibility index (Phi) is 8.52. The number of allylic oxidation sites excluding steroid dienone is 4. The number of likely N-dealkylation sites (N-methyl/N-ethyl adjacent to an activating group) is 2. The highest BCUT2D eigenvalue weighted by molar-refractivity contribution is 5.89. The molecule has 1 fully saturated rings. The maximum atomic E-state index is 14.4. The van der Waals surface area contributed by atoms with Crippen LogP contribution < -0.4 is 5.32 Å². The van der Waals surface area contributed by atoms with Crippen molar-refractivity contribution in [3.8, 4) is 5.75 Å². The zero-order valence-electron chi connectivity index (χ0n) is 25.3. The summed E-state index contributed by atoms with van der Waals surface area (Å²) in [6.45, 7) is 1.46. The van der Waals surface area contributed by atoms with E-state index < -0.39 is 6.04 Å². The second-order valence-electron chi connectivity index (χ2n) is 11.8. The molecule has 3 aliphatic rings. The first-order valence-corrected chi connectivity index (χ1v) is 15.1. The second-order valence-corrected chi connectivity index (χ2v) is 11.8. The van der Waals surface area contributed by atoms with Crippen molar-refractivity contribution < 1.29 is 14.7 Å². The Balaban J connectivity index is 1.47. The SMILES string of the molecule is CN1CC(c2ccccc2)C2=C/C(=C(/NCc3ccccc3)N3CN(C(=O)CN3C)C(Cc3ccc(O)cc3)C1=O)CC=C2. The van der Waals surface area contributed by atoms with Gasteiger partial charge in [0.05, 0.1) is 6.54 Å². The lowest BCUT2D eigenvalue weighted by Crippen LogP contribution is -2.64. The molecular weight excluding hydrogens is 550 g/mol. The van der Waals surface area contributed by atoms with E-state index in [2.05, 4.69) is 52.8 Å². The molecule has 4 bridgehead atoms. The Morgan fingerprint density at radius 3 is 2.32 bits per heavy atom. The third kappa shape index (κ3) is 6.26. The Labute approximate surface area is 259 Å². The number of benzene rings is 3. The molecule has 3 aromatic rings. The van der Waals surface area contributed by atoms with Gasteiger partial charge in [-0.15, -0.1) is 0 Å². The average molecular weight is 590 g/mol. The summed E-state index contributed by atoms with van der Waals surface area (Å²) >= 11 is 0. The highest BCUT2D eigenvalue weighted by Crippen LogP contribution is 2.34. The summed E-state index contributed by atoms with van der Waals surface area (Å²) < 4.78 is 0. The molecular formula is C36H39N5O3. The first-order chi connectivity index (χ1) is 21.4. The zero-order valence-corrected chi connectivity index (χ0v) is 25.3. The van der Waals surface area contributed by atoms with Crippen molar-refractivity contribution in [2.75, 3.05) is 33.9 Å². The van der Waals surface area contributed by atoms with Crippen LogP contribution in [0.5, 0.6) is 5.75 Å². The number of hydrazine groups is 1. The van der Waals surface area contributed by atoms with Gasteiger partial charge in [-0.1, -0.05) is 91.0 Å². The lowest BCUT2D eigenvalue weighted by molar-refractivity contribution is -0.163. The molecule has 0 spiro atoms. The first kappa shape index (κ1) is 29.3. The Morgan fingerprint density at radius 1 is 0.886 bits per heavy atom. The van der Waals surface area contributed by atoms with Crippen molar-refractivity contribution in [3.63, 3.8) is 0 Å². The third-order valence-electron chi connectivity index (χ3n) is 8.70. The van der Waals surface area contributed by atoms with E-state index in [1.807, 2.05) is 67.6 Å². The van der Waals surface area contributed by atoms with Crippen LogP contribution in [0.25, 0.3) is 0 Å². The molecule has 6 rings (SSSR count). The fourth-order valence-electron chi connectivity index (χ4n) is 6.27. The number of fused-ring (bicyclic) bond motifs is 3. The van der Waals surface area contributed by atoms with Crippen molar-refractivity contribution in [2.45, 2.75) is 31.3 Å². The number of amides is 2. The van der Waals surface area contributed by atoms with Crippen LogP contribution in [0.15, 0.2) is 120 Å². The van der Waals surface area contributed by atoms with Gasteiger partial charge in [0.1, 0.15) is 24.3 Å². The predicted octanol–water partition coefficient (Wildman–Crippen LogP) is 4.40. The molecule has 226 valence electrons. The predicted molar refractivity (Wildman–Crippen MR) is 171 cm³/mol. The maximum Gasteiger partial charge on any atom is 0.245 e. The van der Waals surface area contributed by atoms with Gasteiger partial charge in [-0.05, 0) is 46.4 Å². The summed E-state index contributed by atoms with van der Waals surface area (Å²) in [6, 6.07) is 26.7. The van der Waals surface area contributed by atoms with E-state index in [0.717, 1.165) is 40.1 Å². The van der Waals surface area contributed by atoms with Crippen LogP contribution in [-0.4, -0.2) is 76.6 Å². The summed E-state index contributed by atoms with van der Waals surface area (Å²) in [4.78, 5) is 31.6. The van der Waals surface area contributed by atoms with Crippen LogP contribution in [0.2, 0.25) is 0 Å². The van der Waals surface area contributed by atoms with Gasteiger partial charge in [-0.2, -0.15) is 0 Å². The molecule has 8 heteroatoms. The molecule has 1 saturated heterocycles. The molecule has 0 saturated carbocycles. The van der Waals surface area contributed by atoms with Gasteiger partial charge >= 0.3 is 0 Å². The van der Waals surface area contributed by atoms with Crippen molar-refractivity contribution >= 4 is 11.8 Å². The molecule has 2 heterocycles. The average Bonchev–Trinajstić information content (AvgIpc) is 3.05. The van der Waals surface area contributed by atoms with Gasteiger partial charge in [0.15, 0.2) is 0 Å². The van der Waals surface area contributed by atoms with Gasteiger partial charge < -0.3 is 20.2 Å². The molecule has 2 aliphatic heterocycles. The van der Waals surface area contributed by atoms with Crippen LogP contribution >= 0.6 is 0 Å². The summed E-state index contributed by atoms with van der Waals surface area (Å²) in [6.07, 6.45) is 7.72. The van der Waals surface area contributed by atoms with Crippen molar-refractivity contribution in [1.29, 1.82) is 0 Å². The molecule has 0 radical (unpaired) electrons. The minimum Gasteiger partial charge on any atom is -0.508 e. The number of hydrogen-bond donors (Lipinski definition) is 2. The molecule has 8 nitrogen and oxygen atoms in total. The monoisotopic (exact) mass is 589 g/mol. The highest BCUT2D eigenvalue weighted by atomic mass is 16.3. The minimum absolute atomic E-state index is 0.0564. The first-order valence-electron chi connectivity index (χ1n) is 15.1. The summed E-state index contributed by atoms with van der Waals surface area (Å²) in [5.41, 5.74) is 5.43. The van der Waals surface area contributed by atoms with Gasteiger partial charge in [0.2, 0.25) is 11.8 Å². The number of nitrogens with zero attached hydrogens (tertiary/aromatic N) is 4. The molecule has 2 amide bonds. The van der Waals surface area contributed by atoms with E-state index in [1.165, 1.54) is 0 Å². The Bertz CT molecular complexity index is 1580. The van der Waals surface area contributed by atoms with Gasteiger partial charge in [-0.3, -0.25) is 14.6 Å². The van der Waals surface area contributed by atoms with E-state index >= 15 is 0 Å². The second kappa shape index (κ2) is 12.8. The fraction of sp³-hybridized carbons (Fsp3) is 0.278. The molecule has 2 atom stereocenters. The molecule has 2 unspecified atom stereocenters. The Hall–Kier alpha value is -4.82. The number of carbonyl (C=O) groups is 2. The number of carbonyl (C=O) groups excluding carboxylic acids is 2.